The summed E-state index contributed by atoms with van der Waals surface area (Å²) >= 11 is 0. The Kier molecular flexibility index (Phi) is 2.33. The number of nitrogens with zero attached hydrogens (tertiary/aromatic N) is 2. The van der Waals surface area contributed by atoms with Gasteiger partial charge in [-0.3, -0.25) is 4.79 Å². The number of hydrogen-bond donors (Lipinski definition) is 1. The smallest absolute Gasteiger partial charge is 0.263 e. The van der Waals surface area contributed by atoms with Crippen molar-refractivity contribution in [3.63, 3.8) is 0 Å². The highest BCUT2D eigenvalue weighted by Gasteiger charge is 2.27. The van der Waals surface area contributed by atoms with Crippen LogP contribution in [0.3, 0.4) is 0 Å². The first-order valence-electron chi connectivity index (χ1n) is 5.78. The average molecular weight is 243 g/mol. The van der Waals surface area contributed by atoms with E-state index in [1.54, 1.807) is 11.8 Å². The van der Waals surface area contributed by atoms with Gasteiger partial charge in [-0.25, -0.2) is 0 Å². The van der Waals surface area contributed by atoms with Gasteiger partial charge in [-0.05, 0) is 31.0 Å². The van der Waals surface area contributed by atoms with E-state index in [4.69, 9.17) is 10.3 Å². The maximum atomic E-state index is 12.4. The number of aromatic nitrogens is 1. The molecule has 2 heterocycles. The Balaban J connectivity index is 2.00. The van der Waals surface area contributed by atoms with Crippen LogP contribution >= 0.6 is 0 Å². The summed E-state index contributed by atoms with van der Waals surface area (Å²) in [7, 11) is 0. The summed E-state index contributed by atoms with van der Waals surface area (Å²) in [5.41, 5.74) is 8.97. The predicted molar refractivity (Wildman–Crippen MR) is 67.5 cm³/mol. The molecule has 0 saturated carbocycles. The third-order valence-corrected chi connectivity index (χ3v) is 3.23. The molecule has 1 amide bonds. The van der Waals surface area contributed by atoms with E-state index < -0.39 is 0 Å². The zero-order valence-electron chi connectivity index (χ0n) is 10.0. The molecule has 0 bridgehead atoms. The van der Waals surface area contributed by atoms with Crippen LogP contribution in [-0.4, -0.2) is 17.6 Å². The van der Waals surface area contributed by atoms with E-state index >= 15 is 0 Å². The molecule has 0 atom stereocenters. The van der Waals surface area contributed by atoms with Crippen LogP contribution in [0.4, 0.5) is 11.4 Å². The minimum Gasteiger partial charge on any atom is -0.399 e. The molecule has 1 aliphatic rings. The number of benzene rings is 1. The van der Waals surface area contributed by atoms with Gasteiger partial charge in [-0.2, -0.15) is 0 Å². The fourth-order valence-electron chi connectivity index (χ4n) is 2.26. The summed E-state index contributed by atoms with van der Waals surface area (Å²) < 4.78 is 4.93. The first kappa shape index (κ1) is 10.8. The zero-order chi connectivity index (χ0) is 12.7. The quantitative estimate of drug-likeness (QED) is 0.775. The molecule has 0 fully saturated rings. The predicted octanol–water partition coefficient (Wildman–Crippen LogP) is 1.77. The van der Waals surface area contributed by atoms with Gasteiger partial charge < -0.3 is 15.2 Å². The van der Waals surface area contributed by atoms with Crippen molar-refractivity contribution in [2.45, 2.75) is 13.3 Å². The normalized spacial score (nSPS) is 13.7. The van der Waals surface area contributed by atoms with Gasteiger partial charge in [0.15, 0.2) is 0 Å². The van der Waals surface area contributed by atoms with Crippen molar-refractivity contribution in [1.82, 2.24) is 5.16 Å². The second kappa shape index (κ2) is 3.87. The Hall–Kier alpha value is -2.30. The van der Waals surface area contributed by atoms with Gasteiger partial charge in [0, 0.05) is 17.9 Å². The number of carbonyl (C=O) groups is 1. The molecule has 18 heavy (non-hydrogen) atoms. The Bertz CT molecular complexity index is 618. The summed E-state index contributed by atoms with van der Waals surface area (Å²) in [6.07, 6.45) is 2.31. The van der Waals surface area contributed by atoms with Crippen LogP contribution in [0.5, 0.6) is 0 Å². The summed E-state index contributed by atoms with van der Waals surface area (Å²) in [5, 5.41) is 3.64. The van der Waals surface area contributed by atoms with E-state index in [9.17, 15) is 4.79 Å². The topological polar surface area (TPSA) is 72.4 Å². The molecular formula is C13H13N3O2. The molecule has 1 aliphatic heterocycles. The van der Waals surface area contributed by atoms with Crippen molar-refractivity contribution >= 4 is 17.3 Å². The van der Waals surface area contributed by atoms with E-state index in [1.807, 2.05) is 18.2 Å². The van der Waals surface area contributed by atoms with E-state index in [-0.39, 0.29) is 5.91 Å². The Labute approximate surface area is 104 Å². The SMILES string of the molecule is Cc1oncc1C(=O)N1CCc2ccc(N)cc21. The van der Waals surface area contributed by atoms with Crippen LogP contribution in [0.25, 0.3) is 0 Å². The molecule has 0 aliphatic carbocycles. The van der Waals surface area contributed by atoms with Crippen LogP contribution in [0.15, 0.2) is 28.9 Å². The second-order valence-electron chi connectivity index (χ2n) is 4.39. The molecule has 0 radical (unpaired) electrons. The first-order valence-corrected chi connectivity index (χ1v) is 5.78. The number of amides is 1. The summed E-state index contributed by atoms with van der Waals surface area (Å²) in [6, 6.07) is 5.67. The van der Waals surface area contributed by atoms with Crippen molar-refractivity contribution in [3.05, 3.63) is 41.3 Å². The fourth-order valence-corrected chi connectivity index (χ4v) is 2.26. The highest BCUT2D eigenvalue weighted by Crippen LogP contribution is 2.31. The van der Waals surface area contributed by atoms with Crippen molar-refractivity contribution in [2.24, 2.45) is 0 Å². The van der Waals surface area contributed by atoms with E-state index in [2.05, 4.69) is 5.16 Å². The number of carbonyl (C=O) groups excluding carboxylic acids is 1. The first-order chi connectivity index (χ1) is 8.66. The third kappa shape index (κ3) is 1.55. The summed E-state index contributed by atoms with van der Waals surface area (Å²) in [4.78, 5) is 14.1. The van der Waals surface area contributed by atoms with Gasteiger partial charge in [0.1, 0.15) is 11.3 Å². The van der Waals surface area contributed by atoms with Crippen LogP contribution in [-0.2, 0) is 6.42 Å². The largest absolute Gasteiger partial charge is 0.399 e. The van der Waals surface area contributed by atoms with Gasteiger partial charge in [0.25, 0.3) is 5.91 Å². The van der Waals surface area contributed by atoms with Crippen molar-refractivity contribution in [1.29, 1.82) is 0 Å². The molecule has 5 nitrogen and oxygen atoms in total. The molecule has 92 valence electrons. The van der Waals surface area contributed by atoms with Crippen LogP contribution in [0.1, 0.15) is 21.7 Å². The molecule has 0 saturated heterocycles. The number of fused-ring (bicyclic) bond motifs is 1. The number of rotatable bonds is 1. The van der Waals surface area contributed by atoms with Crippen molar-refractivity contribution < 1.29 is 9.32 Å². The minimum atomic E-state index is -0.0851. The van der Waals surface area contributed by atoms with E-state index in [0.29, 0.717) is 23.6 Å². The molecule has 1 aromatic carbocycles. The summed E-state index contributed by atoms with van der Waals surface area (Å²) in [5.74, 6) is 0.454. The molecule has 2 N–H and O–H groups in total. The average Bonchev–Trinajstić information content (AvgIpc) is 2.94. The number of hydrogen-bond acceptors (Lipinski definition) is 4. The van der Waals surface area contributed by atoms with E-state index in [1.165, 1.54) is 6.20 Å². The Morgan fingerprint density at radius 2 is 2.33 bits per heavy atom. The monoisotopic (exact) mass is 243 g/mol. The highest BCUT2D eigenvalue weighted by atomic mass is 16.5. The number of anilines is 2. The van der Waals surface area contributed by atoms with Gasteiger partial charge in [0.05, 0.1) is 6.20 Å². The molecule has 2 aromatic rings. The lowest BCUT2D eigenvalue weighted by Crippen LogP contribution is -2.29. The van der Waals surface area contributed by atoms with Gasteiger partial charge in [-0.15, -0.1) is 0 Å². The van der Waals surface area contributed by atoms with Crippen LogP contribution in [0, 0.1) is 6.92 Å². The summed E-state index contributed by atoms with van der Waals surface area (Å²) in [6.45, 7) is 2.40. The van der Waals surface area contributed by atoms with Gasteiger partial charge in [-0.1, -0.05) is 11.2 Å². The fraction of sp³-hybridized carbons (Fsp3) is 0.231. The Morgan fingerprint density at radius 1 is 1.50 bits per heavy atom. The minimum absolute atomic E-state index is 0.0851. The number of aryl methyl sites for hydroxylation is 1. The van der Waals surface area contributed by atoms with Crippen LogP contribution in [0.2, 0.25) is 0 Å². The van der Waals surface area contributed by atoms with Crippen LogP contribution < -0.4 is 10.6 Å². The van der Waals surface area contributed by atoms with Gasteiger partial charge in [0.2, 0.25) is 0 Å². The maximum absolute atomic E-state index is 12.4. The molecule has 0 unspecified atom stereocenters. The second-order valence-corrected chi connectivity index (χ2v) is 4.39. The standard InChI is InChI=1S/C13H13N3O2/c1-8-11(7-15-18-8)13(17)16-5-4-9-2-3-10(14)6-12(9)16/h2-3,6-7H,4-5,14H2,1H3. The highest BCUT2D eigenvalue weighted by molar-refractivity contribution is 6.07. The molecule has 1 aromatic heterocycles. The maximum Gasteiger partial charge on any atom is 0.263 e. The van der Waals surface area contributed by atoms with Crippen molar-refractivity contribution in [2.75, 3.05) is 17.2 Å². The van der Waals surface area contributed by atoms with Crippen molar-refractivity contribution in [3.8, 4) is 0 Å². The lowest BCUT2D eigenvalue weighted by atomic mass is 10.1. The lowest BCUT2D eigenvalue weighted by Gasteiger charge is -2.16. The Morgan fingerprint density at radius 3 is 3.06 bits per heavy atom. The number of nitrogen functional groups attached to an aromatic ring is 1. The third-order valence-electron chi connectivity index (χ3n) is 3.23. The number of nitrogens with two attached hydrogens (primary N) is 1. The van der Waals surface area contributed by atoms with Gasteiger partial charge >= 0.3 is 0 Å². The molecular weight excluding hydrogens is 230 g/mol. The van der Waals surface area contributed by atoms with E-state index in [0.717, 1.165) is 17.7 Å². The molecule has 5 heteroatoms. The molecule has 0 spiro atoms. The zero-order valence-corrected chi connectivity index (χ0v) is 10.0. The molecule has 3 rings (SSSR count). The lowest BCUT2D eigenvalue weighted by molar-refractivity contribution is 0.0988.